The lowest BCUT2D eigenvalue weighted by Gasteiger charge is -2.16. The van der Waals surface area contributed by atoms with E-state index in [9.17, 15) is 0 Å². The molecule has 0 spiro atoms. The molecule has 0 aliphatic heterocycles. The van der Waals surface area contributed by atoms with Gasteiger partial charge in [0.2, 0.25) is 0 Å². The summed E-state index contributed by atoms with van der Waals surface area (Å²) in [5.74, 6) is 1.47. The minimum Gasteiger partial charge on any atom is -0.367 e. The molecule has 8 heteroatoms. The minimum absolute atomic E-state index is 0.220. The highest BCUT2D eigenvalue weighted by atomic mass is 15.3. The van der Waals surface area contributed by atoms with Gasteiger partial charge in [0.05, 0.1) is 11.1 Å². The molecule has 4 heterocycles. The molecule has 1 N–H and O–H groups in total. The second-order valence-electron chi connectivity index (χ2n) is 6.64. The number of rotatable bonds is 6. The van der Waals surface area contributed by atoms with Crippen molar-refractivity contribution in [3.8, 4) is 11.4 Å². The number of aromatic nitrogens is 7. The van der Waals surface area contributed by atoms with Gasteiger partial charge in [0.1, 0.15) is 5.82 Å². The lowest BCUT2D eigenvalue weighted by Crippen LogP contribution is -2.19. The Morgan fingerprint density at radius 3 is 2.70 bits per heavy atom. The van der Waals surface area contributed by atoms with Crippen LogP contribution in [0.4, 0.5) is 5.82 Å². The maximum atomic E-state index is 4.80. The van der Waals surface area contributed by atoms with Crippen LogP contribution in [0, 0.1) is 6.92 Å². The van der Waals surface area contributed by atoms with Gasteiger partial charge in [-0.2, -0.15) is 10.2 Å². The fraction of sp³-hybridized carbons (Fsp3) is 0.316. The number of aryl methyl sites for hydroxylation is 3. The highest BCUT2D eigenvalue weighted by Crippen LogP contribution is 2.27. The van der Waals surface area contributed by atoms with Gasteiger partial charge < -0.3 is 5.32 Å². The van der Waals surface area contributed by atoms with Gasteiger partial charge in [0.15, 0.2) is 11.5 Å². The molecule has 0 saturated heterocycles. The Morgan fingerprint density at radius 2 is 1.96 bits per heavy atom. The first-order valence-corrected chi connectivity index (χ1v) is 8.97. The molecule has 4 aromatic heterocycles. The fourth-order valence-corrected chi connectivity index (χ4v) is 3.14. The van der Waals surface area contributed by atoms with E-state index in [-0.39, 0.29) is 6.04 Å². The summed E-state index contributed by atoms with van der Waals surface area (Å²) in [5.41, 5.74) is 2.66. The van der Waals surface area contributed by atoms with Crippen LogP contribution in [0.3, 0.4) is 0 Å². The van der Waals surface area contributed by atoms with Gasteiger partial charge in [-0.3, -0.25) is 14.3 Å². The summed E-state index contributed by atoms with van der Waals surface area (Å²) < 4.78 is 3.74. The number of nitrogens with zero attached hydrogens (tertiary/aromatic N) is 7. The number of nitrogens with one attached hydrogen (secondary N) is 1. The highest BCUT2D eigenvalue weighted by molar-refractivity contribution is 5.91. The molecular weight excluding hydrogens is 340 g/mol. The van der Waals surface area contributed by atoms with Gasteiger partial charge in [0, 0.05) is 50.0 Å². The van der Waals surface area contributed by atoms with E-state index in [1.165, 1.54) is 0 Å². The topological polar surface area (TPSA) is 86.3 Å². The average molecular weight is 362 g/mol. The van der Waals surface area contributed by atoms with Crippen molar-refractivity contribution in [3.05, 3.63) is 48.7 Å². The maximum Gasteiger partial charge on any atom is 0.164 e. The van der Waals surface area contributed by atoms with E-state index in [1.807, 2.05) is 43.0 Å². The lowest BCUT2D eigenvalue weighted by atomic mass is 10.2. The molecule has 0 aliphatic rings. The molecule has 0 radical (unpaired) electrons. The molecule has 0 aliphatic carbocycles. The number of fused-ring (bicyclic) bond motifs is 1. The third-order valence-corrected chi connectivity index (χ3v) is 4.53. The number of hydrogen-bond donors (Lipinski definition) is 1. The second kappa shape index (κ2) is 7.14. The summed E-state index contributed by atoms with van der Waals surface area (Å²) in [6, 6.07) is 5.98. The third-order valence-electron chi connectivity index (χ3n) is 4.53. The summed E-state index contributed by atoms with van der Waals surface area (Å²) in [4.78, 5) is 13.6. The monoisotopic (exact) mass is 362 g/mol. The zero-order valence-corrected chi connectivity index (χ0v) is 15.7. The first-order chi connectivity index (χ1) is 13.1. The fourth-order valence-electron chi connectivity index (χ4n) is 3.14. The number of anilines is 1. The Kier molecular flexibility index (Phi) is 4.53. The predicted octanol–water partition coefficient (Wildman–Crippen LogP) is 2.82. The van der Waals surface area contributed by atoms with E-state index >= 15 is 0 Å². The van der Waals surface area contributed by atoms with Crippen LogP contribution < -0.4 is 5.32 Å². The van der Waals surface area contributed by atoms with E-state index in [0.29, 0.717) is 5.82 Å². The van der Waals surface area contributed by atoms with Gasteiger partial charge in [-0.25, -0.2) is 9.97 Å². The lowest BCUT2D eigenvalue weighted by molar-refractivity contribution is 0.545. The van der Waals surface area contributed by atoms with Gasteiger partial charge in [-0.15, -0.1) is 0 Å². The summed E-state index contributed by atoms with van der Waals surface area (Å²) in [6.45, 7) is 4.98. The molecule has 138 valence electrons. The Labute approximate surface area is 157 Å². The van der Waals surface area contributed by atoms with Crippen LogP contribution in [0.15, 0.2) is 43.0 Å². The van der Waals surface area contributed by atoms with E-state index in [1.54, 1.807) is 23.3 Å². The average Bonchev–Trinajstić information content (AvgIpc) is 3.29. The van der Waals surface area contributed by atoms with Gasteiger partial charge in [-0.05, 0) is 38.5 Å². The summed E-state index contributed by atoms with van der Waals surface area (Å²) in [7, 11) is 1.91. The van der Waals surface area contributed by atoms with Crippen molar-refractivity contribution >= 4 is 16.9 Å². The largest absolute Gasteiger partial charge is 0.367 e. The van der Waals surface area contributed by atoms with Crippen molar-refractivity contribution in [3.63, 3.8) is 0 Å². The first kappa shape index (κ1) is 17.1. The summed E-state index contributed by atoms with van der Waals surface area (Å²) in [5, 5.41) is 13.3. The Morgan fingerprint density at radius 1 is 1.15 bits per heavy atom. The molecule has 0 bridgehead atoms. The Balaban J connectivity index is 1.67. The molecule has 0 amide bonds. The smallest absolute Gasteiger partial charge is 0.164 e. The molecule has 4 aromatic rings. The molecule has 0 saturated carbocycles. The van der Waals surface area contributed by atoms with Crippen LogP contribution in [0.2, 0.25) is 0 Å². The number of hydrogen-bond acceptors (Lipinski definition) is 6. The maximum absolute atomic E-state index is 4.80. The summed E-state index contributed by atoms with van der Waals surface area (Å²) in [6.07, 6.45) is 8.19. The molecule has 0 aromatic carbocycles. The van der Waals surface area contributed by atoms with Crippen molar-refractivity contribution in [2.75, 3.05) is 5.32 Å². The zero-order chi connectivity index (χ0) is 18.8. The molecule has 27 heavy (non-hydrogen) atoms. The van der Waals surface area contributed by atoms with Gasteiger partial charge in [0.25, 0.3) is 0 Å². The van der Waals surface area contributed by atoms with Crippen molar-refractivity contribution < 1.29 is 0 Å². The molecule has 0 fully saturated rings. The zero-order valence-electron chi connectivity index (χ0n) is 15.7. The minimum atomic E-state index is 0.220. The van der Waals surface area contributed by atoms with Crippen LogP contribution >= 0.6 is 0 Å². The Hall–Kier alpha value is -3.29. The Bertz CT molecular complexity index is 1040. The molecule has 4 rings (SSSR count). The van der Waals surface area contributed by atoms with Crippen molar-refractivity contribution in [2.45, 2.75) is 32.9 Å². The molecule has 0 unspecified atom stereocenters. The second-order valence-corrected chi connectivity index (χ2v) is 6.64. The predicted molar refractivity (Wildman–Crippen MR) is 104 cm³/mol. The highest BCUT2D eigenvalue weighted by Gasteiger charge is 2.17. The molecular formula is C19H22N8. The van der Waals surface area contributed by atoms with E-state index in [0.717, 1.165) is 41.1 Å². The van der Waals surface area contributed by atoms with Crippen molar-refractivity contribution in [1.29, 1.82) is 0 Å². The van der Waals surface area contributed by atoms with Crippen LogP contribution in [0.5, 0.6) is 0 Å². The molecule has 8 nitrogen and oxygen atoms in total. The summed E-state index contributed by atoms with van der Waals surface area (Å²) >= 11 is 0. The SMILES string of the molecule is Cc1nn(C)c2nc(-c3ccncc3)nc(N[C@H](C)CCn3cccn3)c12. The van der Waals surface area contributed by atoms with Gasteiger partial charge >= 0.3 is 0 Å². The van der Waals surface area contributed by atoms with Gasteiger partial charge in [-0.1, -0.05) is 0 Å². The first-order valence-electron chi connectivity index (χ1n) is 8.97. The quantitative estimate of drug-likeness (QED) is 0.568. The van der Waals surface area contributed by atoms with Crippen LogP contribution in [0.25, 0.3) is 22.4 Å². The third kappa shape index (κ3) is 3.51. The van der Waals surface area contributed by atoms with E-state index < -0.39 is 0 Å². The number of pyridine rings is 1. The normalized spacial score (nSPS) is 12.4. The van der Waals surface area contributed by atoms with E-state index in [4.69, 9.17) is 9.97 Å². The standard InChI is InChI=1S/C19H22N8/c1-13(7-12-27-11-4-8-21-27)22-18-16-14(2)25-26(3)19(16)24-17(23-18)15-5-9-20-10-6-15/h4-6,8-11,13H,7,12H2,1-3H3,(H,22,23,24)/t13-/m1/s1. The van der Waals surface area contributed by atoms with E-state index in [2.05, 4.69) is 27.4 Å². The van der Waals surface area contributed by atoms with Crippen LogP contribution in [-0.4, -0.2) is 40.6 Å². The van der Waals surface area contributed by atoms with Crippen molar-refractivity contribution in [1.82, 2.24) is 34.5 Å². The molecule has 1 atom stereocenters. The van der Waals surface area contributed by atoms with Crippen molar-refractivity contribution in [2.24, 2.45) is 7.05 Å². The van der Waals surface area contributed by atoms with Crippen LogP contribution in [-0.2, 0) is 13.6 Å². The van der Waals surface area contributed by atoms with Crippen LogP contribution in [0.1, 0.15) is 19.0 Å².